The molecule has 0 unspecified atom stereocenters. The molecule has 0 aliphatic heterocycles. The number of aromatic amines is 1. The summed E-state index contributed by atoms with van der Waals surface area (Å²) in [6.45, 7) is 2.66. The number of hydrogen-bond donors (Lipinski definition) is 2. The number of aryl methyl sites for hydroxylation is 1. The van der Waals surface area contributed by atoms with Gasteiger partial charge in [0.2, 0.25) is 5.91 Å². The van der Waals surface area contributed by atoms with Crippen LogP contribution < -0.4 is 5.32 Å². The normalized spacial score (nSPS) is 10.9. The predicted octanol–water partition coefficient (Wildman–Crippen LogP) is 3.34. The number of benzene rings is 1. The predicted molar refractivity (Wildman–Crippen MR) is 87.7 cm³/mol. The van der Waals surface area contributed by atoms with Crippen LogP contribution in [0.25, 0.3) is 11.0 Å². The summed E-state index contributed by atoms with van der Waals surface area (Å²) in [7, 11) is 0. The maximum Gasteiger partial charge on any atom is 0.230 e. The smallest absolute Gasteiger partial charge is 0.230 e. The third-order valence-corrected chi connectivity index (χ3v) is 5.02. The van der Waals surface area contributed by atoms with Gasteiger partial charge in [-0.1, -0.05) is 23.9 Å². The van der Waals surface area contributed by atoms with Crippen LogP contribution in [-0.2, 0) is 11.3 Å². The van der Waals surface area contributed by atoms with Crippen molar-refractivity contribution in [2.45, 2.75) is 18.6 Å². The molecule has 2 aromatic heterocycles. The Hall–Kier alpha value is -1.79. The maximum absolute atomic E-state index is 11.9. The fourth-order valence-electron chi connectivity index (χ4n) is 1.95. The summed E-state index contributed by atoms with van der Waals surface area (Å²) in [5.74, 6) is 0.387. The molecule has 0 atom stereocenters. The second-order valence-corrected chi connectivity index (χ2v) is 6.62. The molecule has 2 N–H and O–H groups in total. The first-order chi connectivity index (χ1) is 10.2. The first-order valence-electron chi connectivity index (χ1n) is 6.59. The lowest BCUT2D eigenvalue weighted by Crippen LogP contribution is -2.24. The lowest BCUT2D eigenvalue weighted by atomic mass is 10.3. The minimum Gasteiger partial charge on any atom is -0.350 e. The van der Waals surface area contributed by atoms with Crippen LogP contribution in [0.3, 0.4) is 0 Å². The summed E-state index contributed by atoms with van der Waals surface area (Å²) in [6, 6.07) is 9.91. The number of carbonyl (C=O) groups excluding carboxylic acids is 1. The number of hydrogen-bond acceptors (Lipinski definition) is 4. The third kappa shape index (κ3) is 3.46. The van der Waals surface area contributed by atoms with E-state index in [1.165, 1.54) is 22.2 Å². The van der Waals surface area contributed by atoms with Crippen molar-refractivity contribution in [1.82, 2.24) is 15.3 Å². The van der Waals surface area contributed by atoms with Crippen molar-refractivity contribution in [2.75, 3.05) is 5.75 Å². The summed E-state index contributed by atoms with van der Waals surface area (Å²) in [4.78, 5) is 20.7. The number of thiophene rings is 1. The number of nitrogens with zero attached hydrogens (tertiary/aromatic N) is 1. The van der Waals surface area contributed by atoms with Crippen molar-refractivity contribution in [1.29, 1.82) is 0 Å². The zero-order valence-electron chi connectivity index (χ0n) is 11.6. The monoisotopic (exact) mass is 317 g/mol. The molecule has 4 nitrogen and oxygen atoms in total. The second-order valence-electron chi connectivity index (χ2n) is 4.65. The number of aromatic nitrogens is 2. The maximum atomic E-state index is 11.9. The molecular weight excluding hydrogens is 302 g/mol. The fourth-order valence-corrected chi connectivity index (χ4v) is 3.51. The molecule has 0 aliphatic rings. The first kappa shape index (κ1) is 14.2. The van der Waals surface area contributed by atoms with Crippen LogP contribution in [0.1, 0.15) is 10.4 Å². The largest absolute Gasteiger partial charge is 0.350 e. The van der Waals surface area contributed by atoms with Gasteiger partial charge < -0.3 is 10.3 Å². The van der Waals surface area contributed by atoms with E-state index >= 15 is 0 Å². The highest BCUT2D eigenvalue weighted by atomic mass is 32.2. The van der Waals surface area contributed by atoms with Crippen LogP contribution in [0.5, 0.6) is 0 Å². The highest BCUT2D eigenvalue weighted by molar-refractivity contribution is 7.99. The molecule has 2 heterocycles. The standard InChI is InChI=1S/C15H15N3OS2/c1-10-6-7-20-13(10)8-16-14(19)9-21-15-17-11-4-2-3-5-12(11)18-15/h2-7H,8-9H2,1H3,(H,16,19)(H,17,18). The van der Waals surface area contributed by atoms with E-state index < -0.39 is 0 Å². The van der Waals surface area contributed by atoms with Crippen molar-refractivity contribution < 1.29 is 4.79 Å². The van der Waals surface area contributed by atoms with Crippen LogP contribution >= 0.6 is 23.1 Å². The molecule has 6 heteroatoms. The molecule has 0 aliphatic carbocycles. The summed E-state index contributed by atoms with van der Waals surface area (Å²) in [5, 5.41) is 5.76. The molecule has 3 aromatic rings. The molecular formula is C15H15N3OS2. The molecule has 0 radical (unpaired) electrons. The number of thioether (sulfide) groups is 1. The zero-order valence-corrected chi connectivity index (χ0v) is 13.2. The summed E-state index contributed by atoms with van der Waals surface area (Å²) in [5.41, 5.74) is 3.15. The number of imidazole rings is 1. The third-order valence-electron chi connectivity index (χ3n) is 3.12. The van der Waals surface area contributed by atoms with Gasteiger partial charge >= 0.3 is 0 Å². The minimum atomic E-state index is 0.0215. The Labute approximate surface area is 131 Å². The lowest BCUT2D eigenvalue weighted by molar-refractivity contribution is -0.118. The second kappa shape index (κ2) is 6.32. The topological polar surface area (TPSA) is 57.8 Å². The summed E-state index contributed by atoms with van der Waals surface area (Å²) in [6.07, 6.45) is 0. The van der Waals surface area contributed by atoms with E-state index in [4.69, 9.17) is 0 Å². The molecule has 0 saturated heterocycles. The van der Waals surface area contributed by atoms with Crippen LogP contribution in [0.15, 0.2) is 40.9 Å². The van der Waals surface area contributed by atoms with E-state index in [9.17, 15) is 4.79 Å². The van der Waals surface area contributed by atoms with Crippen molar-refractivity contribution in [2.24, 2.45) is 0 Å². The van der Waals surface area contributed by atoms with Crippen LogP contribution in [0.4, 0.5) is 0 Å². The molecule has 0 fully saturated rings. The van der Waals surface area contributed by atoms with Gasteiger partial charge in [-0.15, -0.1) is 11.3 Å². The van der Waals surface area contributed by atoms with Gasteiger partial charge in [0, 0.05) is 4.88 Å². The van der Waals surface area contributed by atoms with E-state index in [0.717, 1.165) is 16.2 Å². The minimum absolute atomic E-state index is 0.0215. The quantitative estimate of drug-likeness (QED) is 0.710. The Morgan fingerprint density at radius 1 is 1.38 bits per heavy atom. The van der Waals surface area contributed by atoms with Gasteiger partial charge in [0.1, 0.15) is 0 Å². The SMILES string of the molecule is Cc1ccsc1CNC(=O)CSc1nc2ccccc2[nH]1. The highest BCUT2D eigenvalue weighted by Crippen LogP contribution is 2.19. The van der Waals surface area contributed by atoms with Crippen molar-refractivity contribution in [3.8, 4) is 0 Å². The molecule has 0 spiro atoms. The Balaban J connectivity index is 1.52. The van der Waals surface area contributed by atoms with Crippen molar-refractivity contribution in [3.63, 3.8) is 0 Å². The van der Waals surface area contributed by atoms with Gasteiger partial charge in [-0.3, -0.25) is 4.79 Å². The van der Waals surface area contributed by atoms with E-state index in [-0.39, 0.29) is 5.91 Å². The van der Waals surface area contributed by atoms with Crippen molar-refractivity contribution >= 4 is 40.0 Å². The van der Waals surface area contributed by atoms with E-state index in [2.05, 4.69) is 28.3 Å². The van der Waals surface area contributed by atoms with Gasteiger partial charge in [-0.25, -0.2) is 4.98 Å². The number of nitrogens with one attached hydrogen (secondary N) is 2. The molecule has 3 rings (SSSR count). The summed E-state index contributed by atoms with van der Waals surface area (Å²) >= 11 is 3.09. The number of carbonyl (C=O) groups is 1. The average Bonchev–Trinajstić information content (AvgIpc) is 3.08. The highest BCUT2D eigenvalue weighted by Gasteiger charge is 2.07. The van der Waals surface area contributed by atoms with Gasteiger partial charge in [-0.05, 0) is 36.1 Å². The average molecular weight is 317 g/mol. The van der Waals surface area contributed by atoms with Crippen LogP contribution in [0.2, 0.25) is 0 Å². The van der Waals surface area contributed by atoms with Crippen LogP contribution in [-0.4, -0.2) is 21.6 Å². The molecule has 0 bridgehead atoms. The molecule has 0 saturated carbocycles. The Morgan fingerprint density at radius 3 is 3.00 bits per heavy atom. The number of amides is 1. The fraction of sp³-hybridized carbons (Fsp3) is 0.200. The Kier molecular flexibility index (Phi) is 4.26. The lowest BCUT2D eigenvalue weighted by Gasteiger charge is -2.03. The number of fused-ring (bicyclic) bond motifs is 1. The molecule has 1 amide bonds. The zero-order chi connectivity index (χ0) is 14.7. The van der Waals surface area contributed by atoms with Gasteiger partial charge in [-0.2, -0.15) is 0 Å². The summed E-state index contributed by atoms with van der Waals surface area (Å²) < 4.78 is 0. The first-order valence-corrected chi connectivity index (χ1v) is 8.46. The number of rotatable bonds is 5. The van der Waals surface area contributed by atoms with Crippen molar-refractivity contribution in [3.05, 3.63) is 46.2 Å². The van der Waals surface area contributed by atoms with Gasteiger partial charge in [0.25, 0.3) is 0 Å². The number of H-pyrrole nitrogens is 1. The Bertz CT molecular complexity index is 730. The van der Waals surface area contributed by atoms with E-state index in [0.29, 0.717) is 12.3 Å². The van der Waals surface area contributed by atoms with Gasteiger partial charge in [0.15, 0.2) is 5.16 Å². The molecule has 21 heavy (non-hydrogen) atoms. The molecule has 1 aromatic carbocycles. The van der Waals surface area contributed by atoms with E-state index in [1.807, 2.05) is 29.6 Å². The van der Waals surface area contributed by atoms with Crippen LogP contribution in [0, 0.1) is 6.92 Å². The number of para-hydroxylation sites is 2. The molecule has 108 valence electrons. The van der Waals surface area contributed by atoms with Gasteiger partial charge in [0.05, 0.1) is 23.3 Å². The Morgan fingerprint density at radius 2 is 2.24 bits per heavy atom. The van der Waals surface area contributed by atoms with E-state index in [1.54, 1.807) is 11.3 Å².